The smallest absolute Gasteiger partial charge is 0.280 e. The summed E-state index contributed by atoms with van der Waals surface area (Å²) >= 11 is 0. The van der Waals surface area contributed by atoms with Gasteiger partial charge >= 0.3 is 0 Å². The predicted molar refractivity (Wildman–Crippen MR) is 78.7 cm³/mol. The van der Waals surface area contributed by atoms with Crippen LogP contribution in [0.1, 0.15) is 37.6 Å². The summed E-state index contributed by atoms with van der Waals surface area (Å²) < 4.78 is 31.2. The summed E-state index contributed by atoms with van der Waals surface area (Å²) in [5.41, 5.74) is 11.9. The van der Waals surface area contributed by atoms with Crippen LogP contribution < -0.4 is 16.2 Å². The van der Waals surface area contributed by atoms with E-state index in [4.69, 9.17) is 16.2 Å². The molecule has 0 spiro atoms. The molecule has 0 aromatic carbocycles. The van der Waals surface area contributed by atoms with E-state index in [9.17, 15) is 8.78 Å². The molecule has 1 aliphatic carbocycles. The van der Waals surface area contributed by atoms with E-state index < -0.39 is 12.0 Å². The Bertz CT molecular complexity index is 701. The van der Waals surface area contributed by atoms with E-state index in [0.717, 1.165) is 0 Å². The molecule has 1 aliphatic rings. The Balaban J connectivity index is 2.10. The van der Waals surface area contributed by atoms with Gasteiger partial charge in [-0.2, -0.15) is 0 Å². The van der Waals surface area contributed by atoms with Crippen molar-refractivity contribution in [3.05, 3.63) is 29.7 Å². The zero-order valence-corrected chi connectivity index (χ0v) is 12.2. The Labute approximate surface area is 126 Å². The third kappa shape index (κ3) is 2.50. The van der Waals surface area contributed by atoms with Gasteiger partial charge < -0.3 is 16.2 Å². The molecule has 0 saturated heterocycles. The first-order valence-corrected chi connectivity index (χ1v) is 7.19. The Hall–Kier alpha value is -1.86. The Morgan fingerprint density at radius 1 is 1.41 bits per heavy atom. The maximum atomic E-state index is 12.9. The number of ether oxygens (including phenoxy) is 1. The summed E-state index contributed by atoms with van der Waals surface area (Å²) in [6.07, 6.45) is 0.184. The number of aromatic nitrogens is 2. The number of nitrogens with zero attached hydrogens (tertiary/aromatic N) is 2. The van der Waals surface area contributed by atoms with Crippen LogP contribution in [-0.4, -0.2) is 22.6 Å². The van der Waals surface area contributed by atoms with Crippen molar-refractivity contribution < 1.29 is 13.5 Å². The SMILES string of the molecule is CCOc1nc(C(F)F)cc2cnc(C3(N)CC(N)C3)cc12. The number of hydrogen-bond acceptors (Lipinski definition) is 5. The summed E-state index contributed by atoms with van der Waals surface area (Å²) in [6.45, 7) is 2.12. The molecule has 2 aromatic heterocycles. The number of alkyl halides is 2. The van der Waals surface area contributed by atoms with E-state index in [1.165, 1.54) is 6.07 Å². The van der Waals surface area contributed by atoms with Crippen molar-refractivity contribution in [2.45, 2.75) is 37.8 Å². The van der Waals surface area contributed by atoms with E-state index in [2.05, 4.69) is 9.97 Å². The molecule has 7 heteroatoms. The first-order valence-electron chi connectivity index (χ1n) is 7.19. The van der Waals surface area contributed by atoms with Gasteiger partial charge in [-0.15, -0.1) is 0 Å². The lowest BCUT2D eigenvalue weighted by atomic mass is 9.71. The molecule has 0 atom stereocenters. The second-order valence-corrected chi connectivity index (χ2v) is 5.70. The maximum absolute atomic E-state index is 12.9. The number of fused-ring (bicyclic) bond motifs is 1. The van der Waals surface area contributed by atoms with Crippen molar-refractivity contribution in [3.63, 3.8) is 0 Å². The molecule has 0 unspecified atom stereocenters. The maximum Gasteiger partial charge on any atom is 0.280 e. The van der Waals surface area contributed by atoms with Crippen LogP contribution in [0.2, 0.25) is 0 Å². The molecule has 1 fully saturated rings. The summed E-state index contributed by atoms with van der Waals surface area (Å²) in [6, 6.07) is 3.18. The van der Waals surface area contributed by atoms with Gasteiger partial charge in [0.15, 0.2) is 0 Å². The summed E-state index contributed by atoms with van der Waals surface area (Å²) in [7, 11) is 0. The van der Waals surface area contributed by atoms with Crippen LogP contribution in [0.15, 0.2) is 18.3 Å². The molecule has 4 N–H and O–H groups in total. The molecule has 0 amide bonds. The summed E-state index contributed by atoms with van der Waals surface area (Å²) in [4.78, 5) is 8.23. The van der Waals surface area contributed by atoms with Crippen molar-refractivity contribution in [3.8, 4) is 5.88 Å². The van der Waals surface area contributed by atoms with Crippen LogP contribution in [0.4, 0.5) is 8.78 Å². The van der Waals surface area contributed by atoms with Crippen LogP contribution in [0, 0.1) is 0 Å². The van der Waals surface area contributed by atoms with Gasteiger partial charge in [-0.3, -0.25) is 4.98 Å². The van der Waals surface area contributed by atoms with Gasteiger partial charge in [0.2, 0.25) is 5.88 Å². The van der Waals surface area contributed by atoms with Gasteiger partial charge in [-0.05, 0) is 31.9 Å². The zero-order chi connectivity index (χ0) is 15.9. The standard InChI is InChI=1S/C15H18F2N4O/c1-2-22-14-10-4-12(15(19)5-9(18)6-15)20-7-8(10)3-11(21-14)13(16)17/h3-4,7,9,13H,2,5-6,18-19H2,1H3. The predicted octanol–water partition coefficient (Wildman–Crippen LogP) is 2.24. The normalized spacial score (nSPS) is 24.5. The van der Waals surface area contributed by atoms with Crippen molar-refractivity contribution in [1.29, 1.82) is 0 Å². The Morgan fingerprint density at radius 3 is 2.73 bits per heavy atom. The van der Waals surface area contributed by atoms with Crippen molar-refractivity contribution >= 4 is 10.8 Å². The van der Waals surface area contributed by atoms with Crippen LogP contribution in [0.3, 0.4) is 0 Å². The number of halogens is 2. The lowest BCUT2D eigenvalue weighted by Gasteiger charge is -2.42. The second-order valence-electron chi connectivity index (χ2n) is 5.70. The van der Waals surface area contributed by atoms with Gasteiger partial charge in [0.25, 0.3) is 6.43 Å². The second kappa shape index (κ2) is 5.40. The van der Waals surface area contributed by atoms with Crippen molar-refractivity contribution in [2.75, 3.05) is 6.61 Å². The molecule has 2 aromatic rings. The van der Waals surface area contributed by atoms with Crippen molar-refractivity contribution in [1.82, 2.24) is 9.97 Å². The van der Waals surface area contributed by atoms with Crippen molar-refractivity contribution in [2.24, 2.45) is 11.5 Å². The topological polar surface area (TPSA) is 87.0 Å². The molecule has 2 heterocycles. The Morgan fingerprint density at radius 2 is 2.14 bits per heavy atom. The molecule has 0 bridgehead atoms. The fourth-order valence-electron chi connectivity index (χ4n) is 2.85. The first kappa shape index (κ1) is 15.1. The van der Waals surface area contributed by atoms with Gasteiger partial charge in [0.1, 0.15) is 5.69 Å². The third-order valence-corrected chi connectivity index (χ3v) is 3.97. The van der Waals surface area contributed by atoms with E-state index in [1.807, 2.05) is 0 Å². The average Bonchev–Trinajstić information content (AvgIpc) is 2.45. The minimum atomic E-state index is -2.66. The summed E-state index contributed by atoms with van der Waals surface area (Å²) in [5.74, 6) is 0.186. The van der Waals surface area contributed by atoms with Gasteiger partial charge in [-0.25, -0.2) is 13.8 Å². The monoisotopic (exact) mass is 308 g/mol. The van der Waals surface area contributed by atoms with Crippen LogP contribution in [-0.2, 0) is 5.54 Å². The van der Waals surface area contributed by atoms with Crippen LogP contribution >= 0.6 is 0 Å². The highest BCUT2D eigenvalue weighted by Gasteiger charge is 2.41. The third-order valence-electron chi connectivity index (χ3n) is 3.97. The highest BCUT2D eigenvalue weighted by Crippen LogP contribution is 2.39. The minimum absolute atomic E-state index is 0.0770. The zero-order valence-electron chi connectivity index (χ0n) is 12.2. The lowest BCUT2D eigenvalue weighted by molar-refractivity contribution is 0.145. The minimum Gasteiger partial charge on any atom is -0.478 e. The number of nitrogens with two attached hydrogens (primary N) is 2. The van der Waals surface area contributed by atoms with E-state index >= 15 is 0 Å². The fourth-order valence-corrected chi connectivity index (χ4v) is 2.85. The lowest BCUT2D eigenvalue weighted by Crippen LogP contribution is -2.55. The molecule has 0 aliphatic heterocycles. The molecule has 118 valence electrons. The highest BCUT2D eigenvalue weighted by molar-refractivity contribution is 5.87. The quantitative estimate of drug-likeness (QED) is 0.904. The average molecular weight is 308 g/mol. The van der Waals surface area contributed by atoms with Gasteiger partial charge in [0.05, 0.1) is 17.8 Å². The number of rotatable bonds is 4. The molecule has 22 heavy (non-hydrogen) atoms. The van der Waals surface area contributed by atoms with Crippen LogP contribution in [0.5, 0.6) is 5.88 Å². The van der Waals surface area contributed by atoms with E-state index in [0.29, 0.717) is 35.9 Å². The van der Waals surface area contributed by atoms with Gasteiger partial charge in [0, 0.05) is 23.0 Å². The number of pyridine rings is 2. The number of hydrogen-bond donors (Lipinski definition) is 2. The highest BCUT2D eigenvalue weighted by atomic mass is 19.3. The van der Waals surface area contributed by atoms with E-state index in [-0.39, 0.29) is 17.6 Å². The van der Waals surface area contributed by atoms with E-state index in [1.54, 1.807) is 19.2 Å². The largest absolute Gasteiger partial charge is 0.478 e. The molecule has 1 saturated carbocycles. The molecule has 3 rings (SSSR count). The van der Waals surface area contributed by atoms with Gasteiger partial charge in [-0.1, -0.05) is 0 Å². The molecule has 5 nitrogen and oxygen atoms in total. The fraction of sp³-hybridized carbons (Fsp3) is 0.467. The van der Waals surface area contributed by atoms with Crippen LogP contribution in [0.25, 0.3) is 10.8 Å². The molecule has 0 radical (unpaired) electrons. The molecular formula is C15H18F2N4O. The molecular weight excluding hydrogens is 290 g/mol. The summed E-state index contributed by atoms with van der Waals surface area (Å²) in [5, 5.41) is 1.20. The first-order chi connectivity index (χ1) is 10.4. The Kier molecular flexibility index (Phi) is 3.70.